The SMILES string of the molecule is CC[C@H](C)c1ccc2cccnc2n1. The average Bonchev–Trinajstić information content (AvgIpc) is 2.27. The monoisotopic (exact) mass is 186 g/mol. The second-order valence-electron chi connectivity index (χ2n) is 3.60. The molecule has 2 heterocycles. The Labute approximate surface area is 84.0 Å². The van der Waals surface area contributed by atoms with E-state index >= 15 is 0 Å². The van der Waals surface area contributed by atoms with Crippen LogP contribution in [0.2, 0.25) is 0 Å². The summed E-state index contributed by atoms with van der Waals surface area (Å²) in [5.41, 5.74) is 1.99. The summed E-state index contributed by atoms with van der Waals surface area (Å²) in [6.45, 7) is 4.37. The van der Waals surface area contributed by atoms with Crippen molar-refractivity contribution in [2.45, 2.75) is 26.2 Å². The van der Waals surface area contributed by atoms with Crippen molar-refractivity contribution in [3.8, 4) is 0 Å². The van der Waals surface area contributed by atoms with E-state index in [0.717, 1.165) is 23.1 Å². The second-order valence-corrected chi connectivity index (χ2v) is 3.60. The molecule has 0 aliphatic carbocycles. The zero-order valence-corrected chi connectivity index (χ0v) is 8.57. The van der Waals surface area contributed by atoms with Gasteiger partial charge in [-0.05, 0) is 36.6 Å². The zero-order valence-electron chi connectivity index (χ0n) is 8.57. The van der Waals surface area contributed by atoms with E-state index < -0.39 is 0 Å². The minimum Gasteiger partial charge on any atom is -0.237 e. The Kier molecular flexibility index (Phi) is 2.44. The van der Waals surface area contributed by atoms with Crippen molar-refractivity contribution in [3.63, 3.8) is 0 Å². The molecule has 1 atom stereocenters. The van der Waals surface area contributed by atoms with Gasteiger partial charge in [-0.15, -0.1) is 0 Å². The van der Waals surface area contributed by atoms with E-state index in [0.29, 0.717) is 5.92 Å². The summed E-state index contributed by atoms with van der Waals surface area (Å²) in [7, 11) is 0. The Morgan fingerprint density at radius 2 is 2.14 bits per heavy atom. The lowest BCUT2D eigenvalue weighted by Crippen LogP contribution is -1.96. The van der Waals surface area contributed by atoms with Gasteiger partial charge in [0.1, 0.15) is 0 Å². The van der Waals surface area contributed by atoms with Gasteiger partial charge in [0.2, 0.25) is 0 Å². The van der Waals surface area contributed by atoms with Gasteiger partial charge in [-0.1, -0.05) is 13.8 Å². The number of hydrogen-bond donors (Lipinski definition) is 0. The molecule has 0 fully saturated rings. The predicted molar refractivity (Wildman–Crippen MR) is 58.2 cm³/mol. The summed E-state index contributed by atoms with van der Waals surface area (Å²) in [4.78, 5) is 8.78. The smallest absolute Gasteiger partial charge is 0.159 e. The predicted octanol–water partition coefficient (Wildman–Crippen LogP) is 3.14. The average molecular weight is 186 g/mol. The maximum Gasteiger partial charge on any atom is 0.159 e. The van der Waals surface area contributed by atoms with Crippen LogP contribution in [0, 0.1) is 0 Å². The molecule has 0 N–H and O–H groups in total. The third-order valence-electron chi connectivity index (χ3n) is 2.60. The first-order valence-electron chi connectivity index (χ1n) is 5.03. The molecule has 0 aromatic carbocycles. The van der Waals surface area contributed by atoms with Gasteiger partial charge < -0.3 is 0 Å². The molecule has 0 spiro atoms. The lowest BCUT2D eigenvalue weighted by atomic mass is 10.0. The molecule has 0 bridgehead atoms. The first-order chi connectivity index (χ1) is 6.81. The highest BCUT2D eigenvalue weighted by molar-refractivity contribution is 5.74. The standard InChI is InChI=1S/C12H14N2/c1-3-9(2)11-7-6-10-5-4-8-13-12(10)14-11/h4-9H,3H2,1-2H3/t9-/m0/s1. The number of fused-ring (bicyclic) bond motifs is 1. The lowest BCUT2D eigenvalue weighted by Gasteiger charge is -2.07. The van der Waals surface area contributed by atoms with Crippen LogP contribution in [-0.2, 0) is 0 Å². The molecular weight excluding hydrogens is 172 g/mol. The highest BCUT2D eigenvalue weighted by atomic mass is 14.8. The van der Waals surface area contributed by atoms with E-state index in [1.165, 1.54) is 0 Å². The third-order valence-corrected chi connectivity index (χ3v) is 2.60. The van der Waals surface area contributed by atoms with Gasteiger partial charge in [0, 0.05) is 17.3 Å². The molecule has 0 aliphatic heterocycles. The van der Waals surface area contributed by atoms with Crippen LogP contribution >= 0.6 is 0 Å². The topological polar surface area (TPSA) is 25.8 Å². The summed E-state index contributed by atoms with van der Waals surface area (Å²) in [5, 5.41) is 1.11. The highest BCUT2D eigenvalue weighted by Crippen LogP contribution is 2.18. The van der Waals surface area contributed by atoms with Gasteiger partial charge in [-0.2, -0.15) is 0 Å². The van der Waals surface area contributed by atoms with E-state index in [1.54, 1.807) is 6.20 Å². The number of aromatic nitrogens is 2. The fourth-order valence-electron chi connectivity index (χ4n) is 1.45. The van der Waals surface area contributed by atoms with Crippen molar-refractivity contribution >= 4 is 11.0 Å². The molecule has 0 amide bonds. The van der Waals surface area contributed by atoms with Crippen molar-refractivity contribution in [2.75, 3.05) is 0 Å². The van der Waals surface area contributed by atoms with Crippen LogP contribution in [0.5, 0.6) is 0 Å². The van der Waals surface area contributed by atoms with Crippen LogP contribution in [0.1, 0.15) is 31.9 Å². The van der Waals surface area contributed by atoms with Crippen LogP contribution in [-0.4, -0.2) is 9.97 Å². The Morgan fingerprint density at radius 1 is 1.29 bits per heavy atom. The number of pyridine rings is 2. The van der Waals surface area contributed by atoms with Crippen molar-refractivity contribution in [2.24, 2.45) is 0 Å². The molecule has 72 valence electrons. The molecule has 0 radical (unpaired) electrons. The minimum absolute atomic E-state index is 0.515. The molecule has 2 aromatic heterocycles. The Hall–Kier alpha value is -1.44. The van der Waals surface area contributed by atoms with Crippen LogP contribution < -0.4 is 0 Å². The summed E-state index contributed by atoms with van der Waals surface area (Å²) in [6, 6.07) is 8.16. The third kappa shape index (κ3) is 1.60. The van der Waals surface area contributed by atoms with Gasteiger partial charge in [0.25, 0.3) is 0 Å². The quantitative estimate of drug-likeness (QED) is 0.720. The molecule has 2 nitrogen and oxygen atoms in total. The van der Waals surface area contributed by atoms with Gasteiger partial charge in [0.05, 0.1) is 0 Å². The molecule has 0 saturated carbocycles. The number of rotatable bonds is 2. The Bertz CT molecular complexity index is 437. The van der Waals surface area contributed by atoms with Crippen LogP contribution in [0.3, 0.4) is 0 Å². The first-order valence-corrected chi connectivity index (χ1v) is 5.03. The van der Waals surface area contributed by atoms with Crippen molar-refractivity contribution in [3.05, 3.63) is 36.2 Å². The van der Waals surface area contributed by atoms with E-state index in [1.807, 2.05) is 12.1 Å². The molecular formula is C12H14N2. The molecule has 2 aromatic rings. The van der Waals surface area contributed by atoms with Gasteiger partial charge in [-0.25, -0.2) is 9.97 Å². The van der Waals surface area contributed by atoms with E-state index in [2.05, 4.69) is 35.9 Å². The summed E-state index contributed by atoms with van der Waals surface area (Å²) < 4.78 is 0. The second kappa shape index (κ2) is 3.74. The highest BCUT2D eigenvalue weighted by Gasteiger charge is 2.05. The van der Waals surface area contributed by atoms with E-state index in [4.69, 9.17) is 0 Å². The van der Waals surface area contributed by atoms with Gasteiger partial charge in [-0.3, -0.25) is 0 Å². The Morgan fingerprint density at radius 3 is 2.93 bits per heavy atom. The number of nitrogens with zero attached hydrogens (tertiary/aromatic N) is 2. The summed E-state index contributed by atoms with van der Waals surface area (Å²) in [5.74, 6) is 0.515. The lowest BCUT2D eigenvalue weighted by molar-refractivity contribution is 0.711. The van der Waals surface area contributed by atoms with Crippen LogP contribution in [0.25, 0.3) is 11.0 Å². The summed E-state index contributed by atoms with van der Waals surface area (Å²) in [6.07, 6.45) is 2.90. The largest absolute Gasteiger partial charge is 0.237 e. The molecule has 14 heavy (non-hydrogen) atoms. The van der Waals surface area contributed by atoms with Crippen molar-refractivity contribution in [1.82, 2.24) is 9.97 Å². The maximum atomic E-state index is 4.53. The normalized spacial score (nSPS) is 13.0. The summed E-state index contributed by atoms with van der Waals surface area (Å²) >= 11 is 0. The van der Waals surface area contributed by atoms with E-state index in [-0.39, 0.29) is 0 Å². The van der Waals surface area contributed by atoms with Crippen molar-refractivity contribution < 1.29 is 0 Å². The molecule has 0 unspecified atom stereocenters. The van der Waals surface area contributed by atoms with E-state index in [9.17, 15) is 0 Å². The molecule has 0 saturated heterocycles. The van der Waals surface area contributed by atoms with Crippen LogP contribution in [0.4, 0.5) is 0 Å². The maximum absolute atomic E-state index is 4.53. The van der Waals surface area contributed by atoms with Crippen LogP contribution in [0.15, 0.2) is 30.5 Å². The molecule has 2 rings (SSSR count). The molecule has 0 aliphatic rings. The Balaban J connectivity index is 2.51. The fourth-order valence-corrected chi connectivity index (χ4v) is 1.45. The number of hydrogen-bond acceptors (Lipinski definition) is 2. The van der Waals surface area contributed by atoms with Gasteiger partial charge >= 0.3 is 0 Å². The molecule has 2 heteroatoms. The minimum atomic E-state index is 0.515. The van der Waals surface area contributed by atoms with Gasteiger partial charge in [0.15, 0.2) is 5.65 Å². The zero-order chi connectivity index (χ0) is 9.97. The fraction of sp³-hybridized carbons (Fsp3) is 0.333. The van der Waals surface area contributed by atoms with Crippen molar-refractivity contribution in [1.29, 1.82) is 0 Å². The first kappa shape index (κ1) is 9.13.